The first kappa shape index (κ1) is 18.5. The van der Waals surface area contributed by atoms with Crippen molar-refractivity contribution in [1.82, 2.24) is 0 Å². The summed E-state index contributed by atoms with van der Waals surface area (Å²) in [7, 11) is 1.39. The minimum Gasteiger partial charge on any atom is -0.469 e. The van der Waals surface area contributed by atoms with Gasteiger partial charge in [0.2, 0.25) is 5.91 Å². The Bertz CT molecular complexity index is 506. The highest BCUT2D eigenvalue weighted by molar-refractivity contribution is 7.98. The van der Waals surface area contributed by atoms with Gasteiger partial charge in [-0.05, 0) is 24.6 Å². The highest BCUT2D eigenvalue weighted by Gasteiger charge is 2.16. The van der Waals surface area contributed by atoms with Gasteiger partial charge in [0.1, 0.15) is 0 Å². The molecule has 122 valence electrons. The number of nitrogens with one attached hydrogen (secondary N) is 1. The van der Waals surface area contributed by atoms with Crippen molar-refractivity contribution in [3.63, 3.8) is 0 Å². The van der Waals surface area contributed by atoms with E-state index in [1.807, 2.05) is 38.1 Å². The predicted molar refractivity (Wildman–Crippen MR) is 90.7 cm³/mol. The summed E-state index contributed by atoms with van der Waals surface area (Å²) in [6, 6.07) is 7.51. The zero-order valence-corrected chi connectivity index (χ0v) is 14.1. The number of benzene rings is 1. The van der Waals surface area contributed by atoms with E-state index in [0.717, 1.165) is 17.0 Å². The Labute approximate surface area is 136 Å². The number of thioether (sulfide) groups is 1. The van der Waals surface area contributed by atoms with Crippen molar-refractivity contribution in [3.05, 3.63) is 29.8 Å². The van der Waals surface area contributed by atoms with Crippen molar-refractivity contribution >= 4 is 29.3 Å². The number of esters is 1. The number of rotatable bonds is 8. The number of amides is 1. The van der Waals surface area contributed by atoms with Gasteiger partial charge < -0.3 is 15.8 Å². The number of ether oxygens (including phenoxy) is 1. The lowest BCUT2D eigenvalue weighted by Gasteiger charge is -2.15. The minimum atomic E-state index is -0.238. The summed E-state index contributed by atoms with van der Waals surface area (Å²) in [6.45, 7) is 3.63. The van der Waals surface area contributed by atoms with Crippen molar-refractivity contribution in [2.45, 2.75) is 32.1 Å². The molecular formula is C16H24N2O3S. The molecule has 2 atom stereocenters. The smallest absolute Gasteiger partial charge is 0.306 e. The van der Waals surface area contributed by atoms with Crippen LogP contribution in [0.2, 0.25) is 0 Å². The van der Waals surface area contributed by atoms with Gasteiger partial charge in [-0.15, -0.1) is 0 Å². The molecule has 0 spiro atoms. The predicted octanol–water partition coefficient (Wildman–Crippen LogP) is 2.40. The third kappa shape index (κ3) is 6.49. The van der Waals surface area contributed by atoms with Crippen molar-refractivity contribution < 1.29 is 14.3 Å². The largest absolute Gasteiger partial charge is 0.469 e. The maximum Gasteiger partial charge on any atom is 0.306 e. The molecule has 0 aliphatic carbocycles. The summed E-state index contributed by atoms with van der Waals surface area (Å²) in [5.74, 6) is 0.983. The highest BCUT2D eigenvalue weighted by atomic mass is 32.2. The third-order valence-corrected chi connectivity index (χ3v) is 4.37. The number of methoxy groups -OCH3 is 1. The van der Waals surface area contributed by atoms with Crippen LogP contribution in [0.3, 0.4) is 0 Å². The maximum absolute atomic E-state index is 12.0. The van der Waals surface area contributed by atoms with Gasteiger partial charge in [-0.25, -0.2) is 0 Å². The molecule has 1 amide bonds. The van der Waals surface area contributed by atoms with E-state index < -0.39 is 0 Å². The highest BCUT2D eigenvalue weighted by Crippen LogP contribution is 2.18. The summed E-state index contributed by atoms with van der Waals surface area (Å²) < 4.78 is 4.60. The topological polar surface area (TPSA) is 81.4 Å². The molecule has 0 aromatic heterocycles. The Morgan fingerprint density at radius 2 is 2.09 bits per heavy atom. The second kappa shape index (κ2) is 9.48. The summed E-state index contributed by atoms with van der Waals surface area (Å²) in [4.78, 5) is 23.0. The van der Waals surface area contributed by atoms with Gasteiger partial charge in [0.15, 0.2) is 0 Å². The number of nitrogens with two attached hydrogens (primary N) is 1. The lowest BCUT2D eigenvalue weighted by Crippen LogP contribution is -2.34. The number of hydrogen-bond acceptors (Lipinski definition) is 5. The van der Waals surface area contributed by atoms with Crippen LogP contribution >= 0.6 is 11.8 Å². The van der Waals surface area contributed by atoms with Crippen LogP contribution in [0.5, 0.6) is 0 Å². The molecule has 0 aliphatic heterocycles. The fourth-order valence-corrected chi connectivity index (χ4v) is 2.55. The Hall–Kier alpha value is -1.53. The van der Waals surface area contributed by atoms with Crippen LogP contribution in [0, 0.1) is 5.92 Å². The van der Waals surface area contributed by atoms with Crippen molar-refractivity contribution in [2.24, 2.45) is 11.7 Å². The van der Waals surface area contributed by atoms with Crippen LogP contribution in [-0.4, -0.2) is 30.8 Å². The Balaban J connectivity index is 2.48. The molecule has 0 saturated heterocycles. The number of carbonyl (C=O) groups excluding carboxylic acids is 2. The molecule has 0 fully saturated rings. The first-order chi connectivity index (χ1) is 10.4. The zero-order chi connectivity index (χ0) is 16.5. The fourth-order valence-electron chi connectivity index (χ4n) is 1.68. The van der Waals surface area contributed by atoms with Crippen LogP contribution in [0.15, 0.2) is 24.3 Å². The Morgan fingerprint density at radius 1 is 1.36 bits per heavy atom. The normalized spacial score (nSPS) is 13.3. The lowest BCUT2D eigenvalue weighted by molar-refractivity contribution is -0.140. The van der Waals surface area contributed by atoms with Crippen LogP contribution in [0.25, 0.3) is 0 Å². The first-order valence-electron chi connectivity index (χ1n) is 7.24. The maximum atomic E-state index is 12.0. The SMILES string of the molecule is COC(=O)CCSCc1cccc(NC(=O)C(C)C(C)N)c1. The second-order valence-corrected chi connectivity index (χ2v) is 6.32. The van der Waals surface area contributed by atoms with Crippen LogP contribution in [0.4, 0.5) is 5.69 Å². The van der Waals surface area contributed by atoms with Gasteiger partial charge in [-0.1, -0.05) is 19.1 Å². The molecule has 1 rings (SSSR count). The third-order valence-electron chi connectivity index (χ3n) is 3.34. The summed E-state index contributed by atoms with van der Waals surface area (Å²) in [5, 5.41) is 2.88. The summed E-state index contributed by atoms with van der Waals surface area (Å²) in [5.41, 5.74) is 7.60. The number of hydrogen-bond donors (Lipinski definition) is 2. The van der Waals surface area contributed by atoms with Gasteiger partial charge in [0, 0.05) is 23.2 Å². The standard InChI is InChI=1S/C16H24N2O3S/c1-11(12(2)17)16(20)18-14-6-4-5-13(9-14)10-22-8-7-15(19)21-3/h4-6,9,11-12H,7-8,10,17H2,1-3H3,(H,18,20). The molecule has 1 aromatic carbocycles. The van der Waals surface area contributed by atoms with E-state index in [2.05, 4.69) is 10.1 Å². The van der Waals surface area contributed by atoms with Crippen molar-refractivity contribution in [1.29, 1.82) is 0 Å². The van der Waals surface area contributed by atoms with Crippen molar-refractivity contribution in [3.8, 4) is 0 Å². The molecule has 22 heavy (non-hydrogen) atoms. The monoisotopic (exact) mass is 324 g/mol. The minimum absolute atomic E-state index is 0.0782. The quantitative estimate of drug-likeness (QED) is 0.567. The van der Waals surface area contributed by atoms with Gasteiger partial charge in [-0.2, -0.15) is 11.8 Å². The van der Waals surface area contributed by atoms with Gasteiger partial charge in [0.25, 0.3) is 0 Å². The molecule has 5 nitrogen and oxygen atoms in total. The van der Waals surface area contributed by atoms with Crippen LogP contribution < -0.4 is 11.1 Å². The average Bonchev–Trinajstić information content (AvgIpc) is 2.50. The number of carbonyl (C=O) groups is 2. The summed E-state index contributed by atoms with van der Waals surface area (Å²) in [6.07, 6.45) is 0.406. The average molecular weight is 324 g/mol. The molecule has 0 bridgehead atoms. The molecule has 0 heterocycles. The van der Waals surface area contributed by atoms with E-state index in [1.165, 1.54) is 7.11 Å². The molecule has 0 aliphatic rings. The summed E-state index contributed by atoms with van der Waals surface area (Å²) >= 11 is 1.66. The first-order valence-corrected chi connectivity index (χ1v) is 8.39. The van der Waals surface area contributed by atoms with E-state index in [9.17, 15) is 9.59 Å². The van der Waals surface area contributed by atoms with E-state index >= 15 is 0 Å². The lowest BCUT2D eigenvalue weighted by atomic mass is 10.0. The van der Waals surface area contributed by atoms with Gasteiger partial charge >= 0.3 is 5.97 Å². The molecule has 1 aromatic rings. The molecular weight excluding hydrogens is 300 g/mol. The van der Waals surface area contributed by atoms with Gasteiger partial charge in [-0.3, -0.25) is 9.59 Å². The number of anilines is 1. The molecule has 3 N–H and O–H groups in total. The molecule has 6 heteroatoms. The van der Waals surface area contributed by atoms with E-state index in [4.69, 9.17) is 5.73 Å². The molecule has 2 unspecified atom stereocenters. The van der Waals surface area contributed by atoms with Crippen LogP contribution in [0.1, 0.15) is 25.8 Å². The van der Waals surface area contributed by atoms with Gasteiger partial charge in [0.05, 0.1) is 19.4 Å². The fraction of sp³-hybridized carbons (Fsp3) is 0.500. The van der Waals surface area contributed by atoms with E-state index in [1.54, 1.807) is 11.8 Å². The van der Waals surface area contributed by atoms with Crippen LogP contribution in [-0.2, 0) is 20.1 Å². The van der Waals surface area contributed by atoms with Crippen molar-refractivity contribution in [2.75, 3.05) is 18.2 Å². The Morgan fingerprint density at radius 3 is 2.73 bits per heavy atom. The zero-order valence-electron chi connectivity index (χ0n) is 13.3. The second-order valence-electron chi connectivity index (χ2n) is 5.22. The molecule has 0 saturated carbocycles. The van der Waals surface area contributed by atoms with E-state index in [0.29, 0.717) is 12.2 Å². The Kier molecular flexibility index (Phi) is 7.98. The van der Waals surface area contributed by atoms with E-state index in [-0.39, 0.29) is 23.8 Å². The molecule has 0 radical (unpaired) electrons.